The summed E-state index contributed by atoms with van der Waals surface area (Å²) < 4.78 is 11.7. The molecule has 0 heterocycles. The van der Waals surface area contributed by atoms with Crippen molar-refractivity contribution in [2.75, 3.05) is 13.2 Å². The lowest BCUT2D eigenvalue weighted by Crippen LogP contribution is -2.41. The molecular formula is C20H23BrN2O4. The molecule has 0 fully saturated rings. The maximum absolute atomic E-state index is 12.2. The van der Waals surface area contributed by atoms with Crippen molar-refractivity contribution < 1.29 is 19.1 Å². The third-order valence-electron chi connectivity index (χ3n) is 3.48. The van der Waals surface area contributed by atoms with Gasteiger partial charge in [0, 0.05) is 11.1 Å². The minimum Gasteiger partial charge on any atom is -0.493 e. The Hall–Kier alpha value is -2.54. The standard InChI is InChI=1S/C20H23BrN2O4/c1-4-26-18-10-7-15(11-17(18)21)20(25)23-22-19(24)14-5-8-16(9-6-14)27-12-13(2)3/h5-11,13H,4,12H2,1-3H3,(H,22,24)(H,23,25). The van der Waals surface area contributed by atoms with Crippen LogP contribution in [-0.2, 0) is 0 Å². The zero-order valence-electron chi connectivity index (χ0n) is 15.5. The first kappa shape index (κ1) is 20.8. The van der Waals surface area contributed by atoms with Crippen molar-refractivity contribution >= 4 is 27.7 Å². The molecular weight excluding hydrogens is 412 g/mol. The van der Waals surface area contributed by atoms with E-state index in [1.807, 2.05) is 6.92 Å². The van der Waals surface area contributed by atoms with E-state index in [-0.39, 0.29) is 0 Å². The minimum atomic E-state index is -0.427. The third-order valence-corrected chi connectivity index (χ3v) is 4.10. The van der Waals surface area contributed by atoms with Gasteiger partial charge in [-0.3, -0.25) is 20.4 Å². The molecule has 144 valence electrons. The second-order valence-electron chi connectivity index (χ2n) is 6.22. The fraction of sp³-hybridized carbons (Fsp3) is 0.300. The summed E-state index contributed by atoms with van der Waals surface area (Å²) in [6.45, 7) is 7.15. The lowest BCUT2D eigenvalue weighted by atomic mass is 10.2. The van der Waals surface area contributed by atoms with Crippen molar-refractivity contribution in [3.63, 3.8) is 0 Å². The second-order valence-corrected chi connectivity index (χ2v) is 7.07. The Bertz CT molecular complexity index is 791. The van der Waals surface area contributed by atoms with Crippen LogP contribution in [0.1, 0.15) is 41.5 Å². The van der Waals surface area contributed by atoms with Crippen LogP contribution in [0, 0.1) is 5.92 Å². The minimum absolute atomic E-state index is 0.392. The number of rotatable bonds is 7. The van der Waals surface area contributed by atoms with Crippen LogP contribution in [0.4, 0.5) is 0 Å². The van der Waals surface area contributed by atoms with Crippen LogP contribution < -0.4 is 20.3 Å². The van der Waals surface area contributed by atoms with Gasteiger partial charge in [-0.1, -0.05) is 13.8 Å². The number of hydrogen-bond donors (Lipinski definition) is 2. The molecule has 0 aliphatic heterocycles. The first-order chi connectivity index (χ1) is 12.9. The fourth-order valence-electron chi connectivity index (χ4n) is 2.14. The Balaban J connectivity index is 1.91. The average molecular weight is 435 g/mol. The molecule has 0 saturated carbocycles. The molecule has 2 aromatic rings. The number of carbonyl (C=O) groups is 2. The zero-order chi connectivity index (χ0) is 19.8. The lowest BCUT2D eigenvalue weighted by molar-refractivity contribution is 0.0846. The number of hydrazine groups is 1. The van der Waals surface area contributed by atoms with Crippen LogP contribution in [-0.4, -0.2) is 25.0 Å². The summed E-state index contributed by atoms with van der Waals surface area (Å²) in [7, 11) is 0. The zero-order valence-corrected chi connectivity index (χ0v) is 17.1. The van der Waals surface area contributed by atoms with Crippen molar-refractivity contribution in [3.8, 4) is 11.5 Å². The van der Waals surface area contributed by atoms with Gasteiger partial charge in [-0.05, 0) is 71.2 Å². The predicted molar refractivity (Wildman–Crippen MR) is 107 cm³/mol. The maximum atomic E-state index is 12.2. The van der Waals surface area contributed by atoms with E-state index >= 15 is 0 Å². The second kappa shape index (κ2) is 9.97. The van der Waals surface area contributed by atoms with Gasteiger partial charge in [0.05, 0.1) is 17.7 Å². The molecule has 0 radical (unpaired) electrons. The van der Waals surface area contributed by atoms with Crippen molar-refractivity contribution in [2.45, 2.75) is 20.8 Å². The Morgan fingerprint density at radius 3 is 2.11 bits per heavy atom. The summed E-state index contributed by atoms with van der Waals surface area (Å²) in [5.74, 6) is 0.931. The molecule has 0 aliphatic carbocycles. The van der Waals surface area contributed by atoms with E-state index in [0.717, 1.165) is 0 Å². The van der Waals surface area contributed by atoms with Gasteiger partial charge in [-0.2, -0.15) is 0 Å². The molecule has 2 rings (SSSR count). The van der Waals surface area contributed by atoms with Gasteiger partial charge in [-0.15, -0.1) is 0 Å². The van der Waals surface area contributed by atoms with Crippen molar-refractivity contribution in [3.05, 3.63) is 58.1 Å². The quantitative estimate of drug-likeness (QED) is 0.646. The van der Waals surface area contributed by atoms with Crippen molar-refractivity contribution in [2.24, 2.45) is 5.92 Å². The molecule has 6 nitrogen and oxygen atoms in total. The van der Waals surface area contributed by atoms with Crippen LogP contribution in [0.5, 0.6) is 11.5 Å². The van der Waals surface area contributed by atoms with Crippen molar-refractivity contribution in [1.29, 1.82) is 0 Å². The monoisotopic (exact) mass is 434 g/mol. The Kier molecular flexibility index (Phi) is 7.67. The molecule has 0 spiro atoms. The molecule has 2 aromatic carbocycles. The number of carbonyl (C=O) groups excluding carboxylic acids is 2. The smallest absolute Gasteiger partial charge is 0.269 e. The summed E-state index contributed by atoms with van der Waals surface area (Å²) in [4.78, 5) is 24.4. The number of benzene rings is 2. The van der Waals surface area contributed by atoms with E-state index in [2.05, 4.69) is 40.6 Å². The van der Waals surface area contributed by atoms with E-state index in [1.165, 1.54) is 0 Å². The highest BCUT2D eigenvalue weighted by Gasteiger charge is 2.11. The van der Waals surface area contributed by atoms with Gasteiger partial charge < -0.3 is 9.47 Å². The van der Waals surface area contributed by atoms with Gasteiger partial charge in [0.15, 0.2) is 0 Å². The molecule has 0 aliphatic rings. The van der Waals surface area contributed by atoms with Crippen LogP contribution in [0.2, 0.25) is 0 Å². The van der Waals surface area contributed by atoms with E-state index in [1.54, 1.807) is 42.5 Å². The maximum Gasteiger partial charge on any atom is 0.269 e. The van der Waals surface area contributed by atoms with Gasteiger partial charge >= 0.3 is 0 Å². The Morgan fingerprint density at radius 2 is 1.56 bits per heavy atom. The molecule has 0 unspecified atom stereocenters. The van der Waals surface area contributed by atoms with E-state index in [9.17, 15) is 9.59 Å². The number of amides is 2. The molecule has 0 atom stereocenters. The van der Waals surface area contributed by atoms with Gasteiger partial charge in [0.1, 0.15) is 11.5 Å². The summed E-state index contributed by atoms with van der Waals surface area (Å²) in [5, 5.41) is 0. The predicted octanol–water partition coefficient (Wildman–Crippen LogP) is 3.96. The highest BCUT2D eigenvalue weighted by molar-refractivity contribution is 9.10. The molecule has 0 aromatic heterocycles. The molecule has 2 amide bonds. The summed E-state index contributed by atoms with van der Waals surface area (Å²) in [6, 6.07) is 11.7. The van der Waals surface area contributed by atoms with Gasteiger partial charge in [0.25, 0.3) is 11.8 Å². The van der Waals surface area contributed by atoms with E-state index < -0.39 is 11.8 Å². The number of nitrogens with one attached hydrogen (secondary N) is 2. The van der Waals surface area contributed by atoms with E-state index in [4.69, 9.17) is 9.47 Å². The SMILES string of the molecule is CCOc1ccc(C(=O)NNC(=O)c2ccc(OCC(C)C)cc2)cc1Br. The Morgan fingerprint density at radius 1 is 0.963 bits per heavy atom. The fourth-order valence-corrected chi connectivity index (χ4v) is 2.63. The summed E-state index contributed by atoms with van der Waals surface area (Å²) in [6.07, 6.45) is 0. The first-order valence-corrected chi connectivity index (χ1v) is 9.46. The Labute approximate surface area is 167 Å². The summed E-state index contributed by atoms with van der Waals surface area (Å²) >= 11 is 3.36. The molecule has 0 bridgehead atoms. The van der Waals surface area contributed by atoms with Crippen molar-refractivity contribution in [1.82, 2.24) is 10.9 Å². The van der Waals surface area contributed by atoms with Gasteiger partial charge in [-0.25, -0.2) is 0 Å². The molecule has 7 heteroatoms. The third kappa shape index (κ3) is 6.29. The van der Waals surface area contributed by atoms with Crippen LogP contribution in [0.15, 0.2) is 46.9 Å². The normalized spacial score (nSPS) is 10.4. The van der Waals surface area contributed by atoms with Crippen LogP contribution in [0.3, 0.4) is 0 Å². The first-order valence-electron chi connectivity index (χ1n) is 8.66. The van der Waals surface area contributed by atoms with Gasteiger partial charge in [0.2, 0.25) is 0 Å². The molecule has 2 N–H and O–H groups in total. The largest absolute Gasteiger partial charge is 0.493 e. The van der Waals surface area contributed by atoms with E-state index in [0.29, 0.717) is 46.2 Å². The number of hydrogen-bond acceptors (Lipinski definition) is 4. The highest BCUT2D eigenvalue weighted by Crippen LogP contribution is 2.25. The van der Waals surface area contributed by atoms with Crippen LogP contribution in [0.25, 0.3) is 0 Å². The molecule has 27 heavy (non-hydrogen) atoms. The summed E-state index contributed by atoms with van der Waals surface area (Å²) in [5.41, 5.74) is 5.61. The highest BCUT2D eigenvalue weighted by atomic mass is 79.9. The lowest BCUT2D eigenvalue weighted by Gasteiger charge is -2.11. The number of halogens is 1. The average Bonchev–Trinajstić information content (AvgIpc) is 2.66. The van der Waals surface area contributed by atoms with Crippen LogP contribution >= 0.6 is 15.9 Å². The topological polar surface area (TPSA) is 76.7 Å². The number of ether oxygens (including phenoxy) is 2. The molecule has 0 saturated heterocycles.